The number of benzene rings is 3. The number of fused-ring (bicyclic) bond motifs is 6. The zero-order chi connectivity index (χ0) is 20.5. The highest BCUT2D eigenvalue weighted by Crippen LogP contribution is 2.50. The molecule has 0 amide bonds. The minimum Gasteiger partial charge on any atom is -0.436 e. The van der Waals surface area contributed by atoms with Crippen molar-refractivity contribution >= 4 is 22.2 Å². The lowest BCUT2D eigenvalue weighted by atomic mass is 9.81. The topological polar surface area (TPSA) is 62.7 Å². The Bertz CT molecular complexity index is 1540. The van der Waals surface area contributed by atoms with Crippen LogP contribution in [0.15, 0.2) is 71.4 Å². The molecule has 0 fully saturated rings. The second-order valence-electron chi connectivity index (χ2n) is 8.28. The molecule has 0 atom stereocenters. The van der Waals surface area contributed by atoms with Crippen LogP contribution in [0.25, 0.3) is 44.5 Å². The van der Waals surface area contributed by atoms with E-state index in [4.69, 9.17) is 4.42 Å². The predicted octanol–water partition coefficient (Wildman–Crippen LogP) is 6.22. The van der Waals surface area contributed by atoms with Crippen LogP contribution in [0.4, 0.5) is 0 Å². The van der Waals surface area contributed by atoms with Gasteiger partial charge in [-0.3, -0.25) is 0 Å². The molecule has 0 spiro atoms. The summed E-state index contributed by atoms with van der Waals surface area (Å²) < 4.78 is 5.81. The second kappa shape index (κ2) is 5.77. The molecule has 4 nitrogen and oxygen atoms in total. The molecule has 142 valence electrons. The van der Waals surface area contributed by atoms with E-state index in [9.17, 15) is 5.26 Å². The molecule has 1 aliphatic rings. The van der Waals surface area contributed by atoms with Crippen LogP contribution >= 0.6 is 0 Å². The van der Waals surface area contributed by atoms with Crippen LogP contribution in [0.1, 0.15) is 30.5 Å². The molecule has 30 heavy (non-hydrogen) atoms. The maximum absolute atomic E-state index is 9.33. The number of nitrogens with zero attached hydrogens (tertiary/aromatic N) is 3. The fourth-order valence-corrected chi connectivity index (χ4v) is 4.66. The summed E-state index contributed by atoms with van der Waals surface area (Å²) in [6, 6.07) is 21.1. The van der Waals surface area contributed by atoms with Crippen molar-refractivity contribution in [3.63, 3.8) is 0 Å². The molecule has 0 saturated carbocycles. The van der Waals surface area contributed by atoms with Crippen molar-refractivity contribution in [2.75, 3.05) is 0 Å². The quantitative estimate of drug-likeness (QED) is 0.342. The third kappa shape index (κ3) is 2.20. The molecule has 1 aliphatic carbocycles. The van der Waals surface area contributed by atoms with Gasteiger partial charge in [-0.2, -0.15) is 5.26 Å². The minimum atomic E-state index is -0.161. The molecular weight excluding hydrogens is 370 g/mol. The third-order valence-electron chi connectivity index (χ3n) is 6.24. The Morgan fingerprint density at radius 3 is 2.37 bits per heavy atom. The Morgan fingerprint density at radius 1 is 0.833 bits per heavy atom. The van der Waals surface area contributed by atoms with Gasteiger partial charge in [-0.05, 0) is 63.7 Å². The van der Waals surface area contributed by atoms with Crippen LogP contribution in [0, 0.1) is 11.3 Å². The van der Waals surface area contributed by atoms with Crippen LogP contribution < -0.4 is 0 Å². The molecule has 0 N–H and O–H groups in total. The number of nitriles is 1. The molecule has 2 aromatic heterocycles. The summed E-state index contributed by atoms with van der Waals surface area (Å²) >= 11 is 0. The zero-order valence-corrected chi connectivity index (χ0v) is 16.6. The number of hydrogen-bond acceptors (Lipinski definition) is 4. The summed E-state index contributed by atoms with van der Waals surface area (Å²) in [6.07, 6.45) is 3.33. The minimum absolute atomic E-state index is 0.161. The summed E-state index contributed by atoms with van der Waals surface area (Å²) in [4.78, 5) is 8.72. The van der Waals surface area contributed by atoms with E-state index < -0.39 is 0 Å². The Kier molecular flexibility index (Phi) is 3.26. The summed E-state index contributed by atoms with van der Waals surface area (Å²) in [5.74, 6) is 0. The van der Waals surface area contributed by atoms with E-state index in [0.29, 0.717) is 11.3 Å². The first kappa shape index (κ1) is 16.9. The van der Waals surface area contributed by atoms with Gasteiger partial charge in [0.25, 0.3) is 0 Å². The maximum Gasteiger partial charge on any atom is 0.246 e. The standard InChI is InChI=1S/C26H17N3O/c1-26(2)21-11-15(14-27)3-6-18(21)19-7-4-17(13-22(19)26)16-5-8-23-20(12-16)24-25(30-23)29-10-9-28-24/h3-13H,1-2H3. The average Bonchev–Trinajstić information content (AvgIpc) is 3.26. The monoisotopic (exact) mass is 387 g/mol. The molecular formula is C26H17N3O. The highest BCUT2D eigenvalue weighted by atomic mass is 16.3. The van der Waals surface area contributed by atoms with Gasteiger partial charge in [0.2, 0.25) is 5.71 Å². The molecule has 6 rings (SSSR count). The SMILES string of the molecule is CC1(C)c2cc(C#N)ccc2-c2ccc(-c3ccc4oc5nccnc5c4c3)cc21. The summed E-state index contributed by atoms with van der Waals surface area (Å²) in [5, 5.41) is 10.3. The molecule has 3 aromatic carbocycles. The van der Waals surface area contributed by atoms with E-state index in [0.717, 1.165) is 27.6 Å². The van der Waals surface area contributed by atoms with Gasteiger partial charge in [-0.25, -0.2) is 9.97 Å². The van der Waals surface area contributed by atoms with E-state index in [-0.39, 0.29) is 5.41 Å². The van der Waals surface area contributed by atoms with E-state index in [1.807, 2.05) is 18.2 Å². The van der Waals surface area contributed by atoms with Crippen LogP contribution in [-0.4, -0.2) is 9.97 Å². The second-order valence-corrected chi connectivity index (χ2v) is 8.28. The van der Waals surface area contributed by atoms with Crippen molar-refractivity contribution in [3.05, 3.63) is 83.7 Å². The lowest BCUT2D eigenvalue weighted by Gasteiger charge is -2.22. The predicted molar refractivity (Wildman–Crippen MR) is 117 cm³/mol. The van der Waals surface area contributed by atoms with Gasteiger partial charge >= 0.3 is 0 Å². The zero-order valence-electron chi connectivity index (χ0n) is 16.6. The highest BCUT2D eigenvalue weighted by molar-refractivity contribution is 6.02. The van der Waals surface area contributed by atoms with Gasteiger partial charge in [0.15, 0.2) is 0 Å². The smallest absolute Gasteiger partial charge is 0.246 e. The molecule has 0 saturated heterocycles. The van der Waals surface area contributed by atoms with E-state index in [1.165, 1.54) is 22.3 Å². The van der Waals surface area contributed by atoms with Crippen LogP contribution in [0.2, 0.25) is 0 Å². The van der Waals surface area contributed by atoms with Gasteiger partial charge < -0.3 is 4.42 Å². The Hall–Kier alpha value is -3.97. The van der Waals surface area contributed by atoms with Crippen molar-refractivity contribution in [3.8, 4) is 28.3 Å². The summed E-state index contributed by atoms with van der Waals surface area (Å²) in [5.41, 5.74) is 9.88. The van der Waals surface area contributed by atoms with Gasteiger partial charge in [-0.15, -0.1) is 0 Å². The number of hydrogen-bond donors (Lipinski definition) is 0. The highest BCUT2D eigenvalue weighted by Gasteiger charge is 2.35. The van der Waals surface area contributed by atoms with E-state index in [2.05, 4.69) is 66.3 Å². The van der Waals surface area contributed by atoms with Crippen molar-refractivity contribution in [1.82, 2.24) is 9.97 Å². The number of rotatable bonds is 1. The van der Waals surface area contributed by atoms with Crippen molar-refractivity contribution in [1.29, 1.82) is 5.26 Å². The number of furan rings is 1. The van der Waals surface area contributed by atoms with Crippen LogP contribution in [0.5, 0.6) is 0 Å². The van der Waals surface area contributed by atoms with Gasteiger partial charge in [0.1, 0.15) is 11.1 Å². The lowest BCUT2D eigenvalue weighted by Crippen LogP contribution is -2.15. The average molecular weight is 387 g/mol. The number of aromatic nitrogens is 2. The molecule has 0 aliphatic heterocycles. The van der Waals surface area contributed by atoms with Crippen molar-refractivity contribution < 1.29 is 4.42 Å². The third-order valence-corrected chi connectivity index (χ3v) is 6.24. The molecule has 5 aromatic rings. The Labute approximate surface area is 173 Å². The molecule has 0 radical (unpaired) electrons. The maximum atomic E-state index is 9.33. The van der Waals surface area contributed by atoms with Crippen molar-refractivity contribution in [2.24, 2.45) is 0 Å². The summed E-state index contributed by atoms with van der Waals surface area (Å²) in [6.45, 7) is 4.45. The molecule has 0 bridgehead atoms. The van der Waals surface area contributed by atoms with Gasteiger partial charge in [-0.1, -0.05) is 38.1 Å². The largest absolute Gasteiger partial charge is 0.436 e. The van der Waals surface area contributed by atoms with Gasteiger partial charge in [0.05, 0.1) is 11.6 Å². The van der Waals surface area contributed by atoms with Crippen LogP contribution in [-0.2, 0) is 5.41 Å². The Morgan fingerprint density at radius 2 is 1.53 bits per heavy atom. The fourth-order valence-electron chi connectivity index (χ4n) is 4.66. The first-order valence-corrected chi connectivity index (χ1v) is 9.89. The fraction of sp³-hybridized carbons (Fsp3) is 0.115. The van der Waals surface area contributed by atoms with E-state index >= 15 is 0 Å². The van der Waals surface area contributed by atoms with Crippen molar-refractivity contribution in [2.45, 2.75) is 19.3 Å². The molecule has 0 unspecified atom stereocenters. The van der Waals surface area contributed by atoms with E-state index in [1.54, 1.807) is 12.4 Å². The first-order valence-electron chi connectivity index (χ1n) is 9.89. The molecule has 4 heteroatoms. The van der Waals surface area contributed by atoms with Crippen LogP contribution in [0.3, 0.4) is 0 Å². The van der Waals surface area contributed by atoms with Gasteiger partial charge in [0, 0.05) is 23.2 Å². The Balaban J connectivity index is 1.53. The normalized spacial score (nSPS) is 13.9. The first-order chi connectivity index (χ1) is 14.6. The lowest BCUT2D eigenvalue weighted by molar-refractivity contribution is 0.653. The summed E-state index contributed by atoms with van der Waals surface area (Å²) in [7, 11) is 0. The molecule has 2 heterocycles.